The molecular formula is C15H30N2O2. The highest BCUT2D eigenvalue weighted by molar-refractivity contribution is 5.68. The summed E-state index contributed by atoms with van der Waals surface area (Å²) in [4.78, 5) is 13.9. The third kappa shape index (κ3) is 5.39. The van der Waals surface area contributed by atoms with Crippen molar-refractivity contribution >= 4 is 6.09 Å². The van der Waals surface area contributed by atoms with Crippen LogP contribution >= 0.6 is 0 Å². The fourth-order valence-electron chi connectivity index (χ4n) is 2.66. The summed E-state index contributed by atoms with van der Waals surface area (Å²) in [5.74, 6) is 1.22. The lowest BCUT2D eigenvalue weighted by Gasteiger charge is -2.27. The number of nitrogens with zero attached hydrogens (tertiary/aromatic N) is 1. The van der Waals surface area contributed by atoms with E-state index in [-0.39, 0.29) is 6.09 Å². The van der Waals surface area contributed by atoms with Crippen molar-refractivity contribution in [2.75, 3.05) is 20.1 Å². The van der Waals surface area contributed by atoms with Crippen molar-refractivity contribution in [3.05, 3.63) is 0 Å². The first kappa shape index (κ1) is 16.3. The third-order valence-corrected chi connectivity index (χ3v) is 3.54. The van der Waals surface area contributed by atoms with Crippen LogP contribution in [0.2, 0.25) is 0 Å². The molecule has 0 aromatic rings. The largest absolute Gasteiger partial charge is 0.444 e. The topological polar surface area (TPSA) is 41.6 Å². The van der Waals surface area contributed by atoms with Crippen LogP contribution in [0.3, 0.4) is 0 Å². The van der Waals surface area contributed by atoms with Gasteiger partial charge in [-0.15, -0.1) is 0 Å². The normalized spacial score (nSPS) is 21.8. The molecule has 0 bridgehead atoms. The zero-order valence-corrected chi connectivity index (χ0v) is 13.3. The number of amides is 1. The van der Waals surface area contributed by atoms with E-state index in [1.54, 1.807) is 0 Å². The summed E-state index contributed by atoms with van der Waals surface area (Å²) in [6.45, 7) is 11.8. The van der Waals surface area contributed by atoms with Crippen LogP contribution in [0.4, 0.5) is 4.79 Å². The first-order valence-electron chi connectivity index (χ1n) is 7.38. The van der Waals surface area contributed by atoms with E-state index in [0.29, 0.717) is 17.9 Å². The Labute approximate surface area is 117 Å². The number of carbonyl (C=O) groups is 1. The number of carbonyl (C=O) groups excluding carboxylic acids is 1. The van der Waals surface area contributed by atoms with E-state index >= 15 is 0 Å². The molecule has 2 atom stereocenters. The van der Waals surface area contributed by atoms with Gasteiger partial charge in [-0.2, -0.15) is 0 Å². The van der Waals surface area contributed by atoms with Crippen LogP contribution in [0, 0.1) is 11.8 Å². The van der Waals surface area contributed by atoms with Crippen LogP contribution in [-0.4, -0.2) is 42.8 Å². The Kier molecular flexibility index (Phi) is 5.65. The maximum Gasteiger partial charge on any atom is 0.410 e. The second-order valence-electron chi connectivity index (χ2n) is 7.00. The quantitative estimate of drug-likeness (QED) is 0.854. The van der Waals surface area contributed by atoms with E-state index in [9.17, 15) is 4.79 Å². The molecule has 0 spiro atoms. The third-order valence-electron chi connectivity index (χ3n) is 3.54. The van der Waals surface area contributed by atoms with Crippen molar-refractivity contribution in [3.8, 4) is 0 Å². The van der Waals surface area contributed by atoms with Crippen molar-refractivity contribution in [2.45, 2.75) is 59.1 Å². The summed E-state index contributed by atoms with van der Waals surface area (Å²) in [5.41, 5.74) is -0.407. The van der Waals surface area contributed by atoms with E-state index in [2.05, 4.69) is 19.2 Å². The Hall–Kier alpha value is -0.770. The fraction of sp³-hybridized carbons (Fsp3) is 0.933. The molecule has 19 heavy (non-hydrogen) atoms. The van der Waals surface area contributed by atoms with Gasteiger partial charge in [-0.25, -0.2) is 4.79 Å². The predicted molar refractivity (Wildman–Crippen MR) is 78.2 cm³/mol. The average Bonchev–Trinajstić information content (AvgIpc) is 2.72. The molecule has 0 radical (unpaired) electrons. The van der Waals surface area contributed by atoms with Gasteiger partial charge in [0.1, 0.15) is 5.60 Å². The molecular weight excluding hydrogens is 240 g/mol. The van der Waals surface area contributed by atoms with Gasteiger partial charge in [0, 0.05) is 19.1 Å². The SMILES string of the molecule is CNC(CC(C)C)C1CCN(C(=O)OC(C)(C)C)C1. The van der Waals surface area contributed by atoms with Gasteiger partial charge in [-0.3, -0.25) is 0 Å². The second kappa shape index (κ2) is 6.60. The average molecular weight is 270 g/mol. The molecule has 4 heteroatoms. The summed E-state index contributed by atoms with van der Waals surface area (Å²) in [5, 5.41) is 3.40. The molecule has 1 heterocycles. The minimum absolute atomic E-state index is 0.172. The summed E-state index contributed by atoms with van der Waals surface area (Å²) >= 11 is 0. The molecule has 1 fully saturated rings. The van der Waals surface area contributed by atoms with E-state index in [1.807, 2.05) is 32.7 Å². The molecule has 1 aliphatic heterocycles. The lowest BCUT2D eigenvalue weighted by molar-refractivity contribution is 0.0285. The molecule has 1 aliphatic rings. The lowest BCUT2D eigenvalue weighted by atomic mass is 9.91. The fourth-order valence-corrected chi connectivity index (χ4v) is 2.66. The van der Waals surface area contributed by atoms with Crippen molar-refractivity contribution < 1.29 is 9.53 Å². The predicted octanol–water partition coefficient (Wildman–Crippen LogP) is 2.88. The van der Waals surface area contributed by atoms with E-state index in [4.69, 9.17) is 4.74 Å². The van der Waals surface area contributed by atoms with Crippen LogP contribution in [0.15, 0.2) is 0 Å². The Bertz CT molecular complexity index is 297. The van der Waals surface area contributed by atoms with Crippen LogP contribution in [-0.2, 0) is 4.74 Å². The van der Waals surface area contributed by atoms with E-state index < -0.39 is 5.60 Å². The first-order valence-corrected chi connectivity index (χ1v) is 7.38. The molecule has 0 aliphatic carbocycles. The van der Waals surface area contributed by atoms with Gasteiger partial charge in [-0.05, 0) is 52.5 Å². The molecule has 1 saturated heterocycles. The Morgan fingerprint density at radius 3 is 2.53 bits per heavy atom. The monoisotopic (exact) mass is 270 g/mol. The number of hydrogen-bond acceptors (Lipinski definition) is 3. The maximum absolute atomic E-state index is 12.0. The smallest absolute Gasteiger partial charge is 0.410 e. The van der Waals surface area contributed by atoms with Crippen LogP contribution in [0.1, 0.15) is 47.5 Å². The molecule has 0 aromatic heterocycles. The Morgan fingerprint density at radius 1 is 1.42 bits per heavy atom. The van der Waals surface area contributed by atoms with Gasteiger partial charge >= 0.3 is 6.09 Å². The van der Waals surface area contributed by atoms with Gasteiger partial charge in [0.05, 0.1) is 0 Å². The van der Waals surface area contributed by atoms with Gasteiger partial charge < -0.3 is 15.0 Å². The van der Waals surface area contributed by atoms with Gasteiger partial charge in [-0.1, -0.05) is 13.8 Å². The van der Waals surface area contributed by atoms with E-state index in [0.717, 1.165) is 25.9 Å². The maximum atomic E-state index is 12.0. The standard InChI is InChI=1S/C15H30N2O2/c1-11(2)9-13(16-6)12-7-8-17(10-12)14(18)19-15(3,4)5/h11-13,16H,7-10H2,1-6H3. The van der Waals surface area contributed by atoms with Crippen LogP contribution in [0.25, 0.3) is 0 Å². The number of likely N-dealkylation sites (tertiary alicyclic amines) is 1. The zero-order valence-electron chi connectivity index (χ0n) is 13.3. The van der Waals surface area contributed by atoms with Gasteiger partial charge in [0.15, 0.2) is 0 Å². The van der Waals surface area contributed by atoms with Crippen molar-refractivity contribution in [2.24, 2.45) is 11.8 Å². The molecule has 0 aromatic carbocycles. The van der Waals surface area contributed by atoms with Crippen molar-refractivity contribution in [1.82, 2.24) is 10.2 Å². The summed E-state index contributed by atoms with van der Waals surface area (Å²) < 4.78 is 5.43. The van der Waals surface area contributed by atoms with Crippen LogP contribution < -0.4 is 5.32 Å². The summed E-state index contributed by atoms with van der Waals surface area (Å²) in [6, 6.07) is 0.493. The Balaban J connectivity index is 2.50. The summed E-state index contributed by atoms with van der Waals surface area (Å²) in [6.07, 6.45) is 2.05. The number of hydrogen-bond donors (Lipinski definition) is 1. The van der Waals surface area contributed by atoms with Crippen LogP contribution in [0.5, 0.6) is 0 Å². The molecule has 4 nitrogen and oxygen atoms in total. The van der Waals surface area contributed by atoms with Crippen molar-refractivity contribution in [1.29, 1.82) is 0 Å². The molecule has 112 valence electrons. The minimum atomic E-state index is -0.407. The number of nitrogens with one attached hydrogen (secondary N) is 1. The molecule has 1 amide bonds. The van der Waals surface area contributed by atoms with Gasteiger partial charge in [0.25, 0.3) is 0 Å². The highest BCUT2D eigenvalue weighted by Crippen LogP contribution is 2.25. The van der Waals surface area contributed by atoms with E-state index in [1.165, 1.54) is 0 Å². The summed E-state index contributed by atoms with van der Waals surface area (Å²) in [7, 11) is 2.02. The molecule has 0 saturated carbocycles. The lowest BCUT2D eigenvalue weighted by Crippen LogP contribution is -2.39. The molecule has 1 rings (SSSR count). The minimum Gasteiger partial charge on any atom is -0.444 e. The first-order chi connectivity index (χ1) is 8.73. The van der Waals surface area contributed by atoms with Gasteiger partial charge in [0.2, 0.25) is 0 Å². The van der Waals surface area contributed by atoms with Crippen molar-refractivity contribution in [3.63, 3.8) is 0 Å². The zero-order chi connectivity index (χ0) is 14.6. The molecule has 2 unspecified atom stereocenters. The highest BCUT2D eigenvalue weighted by atomic mass is 16.6. The molecule has 1 N–H and O–H groups in total. The number of ether oxygens (including phenoxy) is 1. The number of rotatable bonds is 4. The highest BCUT2D eigenvalue weighted by Gasteiger charge is 2.33. The Morgan fingerprint density at radius 2 is 2.05 bits per heavy atom. The second-order valence-corrected chi connectivity index (χ2v) is 7.00.